The van der Waals surface area contributed by atoms with Crippen LogP contribution in [0.3, 0.4) is 0 Å². The van der Waals surface area contributed by atoms with Gasteiger partial charge in [-0.1, -0.05) is 97.1 Å². The number of carbonyl (C=O) groups is 1. The fourth-order valence-corrected chi connectivity index (χ4v) is 5.67. The Kier molecular flexibility index (Phi) is 6.80. The average molecular weight is 541 g/mol. The number of hydrogen-bond donors (Lipinski definition) is 1. The van der Waals surface area contributed by atoms with Crippen LogP contribution in [0.1, 0.15) is 51.9 Å². The number of ether oxygens (including phenoxy) is 1. The summed E-state index contributed by atoms with van der Waals surface area (Å²) in [6, 6.07) is 29.8. The summed E-state index contributed by atoms with van der Waals surface area (Å²) in [5.41, 5.74) is 5.51. The number of carbonyl (C=O) groups excluding carboxylic acids is 1. The van der Waals surface area contributed by atoms with E-state index in [1.807, 2.05) is 78.9 Å². The smallest absolute Gasteiger partial charge is 0.416 e. The summed E-state index contributed by atoms with van der Waals surface area (Å²) >= 11 is 0. The molecule has 1 amide bonds. The molecule has 6 rings (SSSR count). The second-order valence-corrected chi connectivity index (χ2v) is 10.0. The van der Waals surface area contributed by atoms with Gasteiger partial charge in [-0.25, -0.2) is 4.79 Å². The summed E-state index contributed by atoms with van der Waals surface area (Å²) in [6.45, 7) is 0.121. The Labute approximate surface area is 230 Å². The molecule has 0 unspecified atom stereocenters. The highest BCUT2D eigenvalue weighted by atomic mass is 19.4. The quantitative estimate of drug-likeness (QED) is 0.277. The Bertz CT molecular complexity index is 1550. The lowest BCUT2D eigenvalue weighted by Crippen LogP contribution is -2.41. The van der Waals surface area contributed by atoms with Gasteiger partial charge < -0.3 is 15.0 Å². The summed E-state index contributed by atoms with van der Waals surface area (Å²) in [5.74, 6) is 0. The van der Waals surface area contributed by atoms with Crippen LogP contribution in [-0.4, -0.2) is 6.09 Å². The van der Waals surface area contributed by atoms with Crippen LogP contribution in [-0.2, 0) is 23.9 Å². The number of rotatable bonds is 5. The lowest BCUT2D eigenvalue weighted by atomic mass is 9.82. The van der Waals surface area contributed by atoms with Crippen molar-refractivity contribution in [2.45, 2.75) is 37.7 Å². The van der Waals surface area contributed by atoms with Crippen LogP contribution in [0.4, 0.5) is 23.7 Å². The Hall–Kier alpha value is -4.52. The predicted octanol–water partition coefficient (Wildman–Crippen LogP) is 8.22. The highest BCUT2D eigenvalue weighted by Gasteiger charge is 2.40. The standard InChI is InChI=1S/C33H27F3N2O2/c34-33(35,36)26-15-7-14-25(19-26)30-20-28(37-32(39)40-21-22-9-3-1-4-10-22)27-16-8-13-24-17-18-29(38(30)31(24)27)23-11-5-2-6-12-23/h1-16,18-19,28,30H,17,20-21H2,(H,37,39)/t28-,30-/m0/s1. The lowest BCUT2D eigenvalue weighted by Gasteiger charge is -2.46. The van der Waals surface area contributed by atoms with E-state index >= 15 is 0 Å². The molecule has 1 N–H and O–H groups in total. The van der Waals surface area contributed by atoms with Gasteiger partial charge in [0.2, 0.25) is 0 Å². The lowest BCUT2D eigenvalue weighted by molar-refractivity contribution is -0.137. The first-order valence-electron chi connectivity index (χ1n) is 13.2. The molecule has 4 aromatic carbocycles. The fourth-order valence-electron chi connectivity index (χ4n) is 5.67. The van der Waals surface area contributed by atoms with Crippen LogP contribution in [0.15, 0.2) is 109 Å². The third kappa shape index (κ3) is 5.07. The first-order valence-corrected chi connectivity index (χ1v) is 13.2. The fraction of sp³-hybridized carbons (Fsp3) is 0.182. The largest absolute Gasteiger partial charge is 0.445 e. The molecule has 0 aliphatic carbocycles. The molecule has 4 nitrogen and oxygen atoms in total. The maximum Gasteiger partial charge on any atom is 0.416 e. The Balaban J connectivity index is 1.40. The molecule has 2 atom stereocenters. The zero-order chi connectivity index (χ0) is 27.7. The molecule has 0 saturated carbocycles. The second kappa shape index (κ2) is 10.6. The molecule has 4 aromatic rings. The summed E-state index contributed by atoms with van der Waals surface area (Å²) in [7, 11) is 0. The minimum atomic E-state index is -4.47. The second-order valence-electron chi connectivity index (χ2n) is 10.0. The maximum atomic E-state index is 13.7. The summed E-state index contributed by atoms with van der Waals surface area (Å²) in [4.78, 5) is 15.1. The molecule has 202 valence electrons. The van der Waals surface area contributed by atoms with Crippen LogP contribution >= 0.6 is 0 Å². The number of amides is 1. The third-order valence-corrected chi connectivity index (χ3v) is 7.49. The number of benzene rings is 4. The molecule has 2 aliphatic heterocycles. The van der Waals surface area contributed by atoms with E-state index in [1.54, 1.807) is 6.07 Å². The van der Waals surface area contributed by atoms with Gasteiger partial charge in [0.1, 0.15) is 6.61 Å². The number of alkyl carbamates (subject to hydrolysis) is 1. The van der Waals surface area contributed by atoms with Crippen molar-refractivity contribution in [3.05, 3.63) is 143 Å². The molecule has 7 heteroatoms. The first kappa shape index (κ1) is 25.7. The van der Waals surface area contributed by atoms with Gasteiger partial charge in [-0.3, -0.25) is 0 Å². The minimum absolute atomic E-state index is 0.121. The molecular formula is C33H27F3N2O2. The van der Waals surface area contributed by atoms with Crippen molar-refractivity contribution >= 4 is 17.5 Å². The van der Waals surface area contributed by atoms with E-state index in [-0.39, 0.29) is 6.61 Å². The number of nitrogens with one attached hydrogen (secondary N) is 1. The Morgan fingerprint density at radius 1 is 0.900 bits per heavy atom. The van der Waals surface area contributed by atoms with E-state index in [0.29, 0.717) is 18.4 Å². The summed E-state index contributed by atoms with van der Waals surface area (Å²) < 4.78 is 46.7. The number of halogens is 3. The Morgan fingerprint density at radius 2 is 1.62 bits per heavy atom. The van der Waals surface area contributed by atoms with Crippen LogP contribution in [0, 0.1) is 0 Å². The molecule has 2 aliphatic rings. The molecule has 0 aromatic heterocycles. The molecule has 40 heavy (non-hydrogen) atoms. The van der Waals surface area contributed by atoms with E-state index in [1.165, 1.54) is 12.1 Å². The van der Waals surface area contributed by atoms with Gasteiger partial charge in [0.15, 0.2) is 0 Å². The predicted molar refractivity (Wildman–Crippen MR) is 148 cm³/mol. The van der Waals surface area contributed by atoms with Crippen molar-refractivity contribution in [3.63, 3.8) is 0 Å². The summed E-state index contributed by atoms with van der Waals surface area (Å²) in [6.07, 6.45) is -1.87. The van der Waals surface area contributed by atoms with Crippen molar-refractivity contribution < 1.29 is 22.7 Å². The number of nitrogens with zero attached hydrogens (tertiary/aromatic N) is 1. The Morgan fingerprint density at radius 3 is 2.38 bits per heavy atom. The van der Waals surface area contributed by atoms with Gasteiger partial charge in [0.25, 0.3) is 0 Å². The topological polar surface area (TPSA) is 41.6 Å². The van der Waals surface area contributed by atoms with Crippen LogP contribution in [0.2, 0.25) is 0 Å². The highest BCUT2D eigenvalue weighted by molar-refractivity contribution is 5.87. The summed E-state index contributed by atoms with van der Waals surface area (Å²) in [5, 5.41) is 3.01. The van der Waals surface area contributed by atoms with E-state index in [9.17, 15) is 18.0 Å². The zero-order valence-corrected chi connectivity index (χ0v) is 21.6. The van der Waals surface area contributed by atoms with Gasteiger partial charge in [-0.05, 0) is 52.8 Å². The molecule has 0 bridgehead atoms. The van der Waals surface area contributed by atoms with Crippen molar-refractivity contribution in [1.82, 2.24) is 5.32 Å². The van der Waals surface area contributed by atoms with Crippen LogP contribution < -0.4 is 10.2 Å². The van der Waals surface area contributed by atoms with E-state index in [4.69, 9.17) is 4.74 Å². The van der Waals surface area contributed by atoms with E-state index in [2.05, 4.69) is 16.3 Å². The zero-order valence-electron chi connectivity index (χ0n) is 21.6. The SMILES string of the molecule is O=C(N[C@H]1C[C@@H](c2cccc(C(F)(F)F)c2)N2C(c3ccccc3)=CCc3cccc1c32)OCc1ccccc1. The molecule has 2 heterocycles. The highest BCUT2D eigenvalue weighted by Crippen LogP contribution is 2.51. The first-order chi connectivity index (χ1) is 19.4. The monoisotopic (exact) mass is 540 g/mol. The molecule has 0 fully saturated rings. The van der Waals surface area contributed by atoms with Gasteiger partial charge in [-0.2, -0.15) is 13.2 Å². The van der Waals surface area contributed by atoms with Crippen molar-refractivity contribution in [2.24, 2.45) is 0 Å². The van der Waals surface area contributed by atoms with Crippen molar-refractivity contribution in [1.29, 1.82) is 0 Å². The number of alkyl halides is 3. The van der Waals surface area contributed by atoms with Crippen LogP contribution in [0.25, 0.3) is 5.70 Å². The van der Waals surface area contributed by atoms with Crippen molar-refractivity contribution in [3.8, 4) is 0 Å². The van der Waals surface area contributed by atoms with E-state index < -0.39 is 29.9 Å². The molecule has 0 spiro atoms. The molecule has 0 saturated heterocycles. The number of hydrogen-bond acceptors (Lipinski definition) is 3. The van der Waals surface area contributed by atoms with Crippen LogP contribution in [0.5, 0.6) is 0 Å². The number of anilines is 1. The van der Waals surface area contributed by atoms with E-state index in [0.717, 1.165) is 39.7 Å². The number of para-hydroxylation sites is 1. The van der Waals surface area contributed by atoms with Gasteiger partial charge >= 0.3 is 12.3 Å². The third-order valence-electron chi connectivity index (χ3n) is 7.49. The normalized spacial score (nSPS) is 18.0. The average Bonchev–Trinajstić information content (AvgIpc) is 2.98. The van der Waals surface area contributed by atoms with Gasteiger partial charge in [0, 0.05) is 5.70 Å². The van der Waals surface area contributed by atoms with Crippen molar-refractivity contribution in [2.75, 3.05) is 4.90 Å². The molecular weight excluding hydrogens is 513 g/mol. The number of allylic oxidation sites excluding steroid dienone is 1. The van der Waals surface area contributed by atoms with Gasteiger partial charge in [-0.15, -0.1) is 0 Å². The minimum Gasteiger partial charge on any atom is -0.445 e. The van der Waals surface area contributed by atoms with Gasteiger partial charge in [0.05, 0.1) is 23.3 Å². The maximum absolute atomic E-state index is 13.7. The molecule has 0 radical (unpaired) electrons.